The summed E-state index contributed by atoms with van der Waals surface area (Å²) in [7, 11) is 1.42. The fraction of sp³-hybridized carbons (Fsp3) is 0.120. The van der Waals surface area contributed by atoms with E-state index in [9.17, 15) is 24.1 Å². The van der Waals surface area contributed by atoms with E-state index in [1.165, 1.54) is 49.6 Å². The van der Waals surface area contributed by atoms with Crippen LogP contribution in [0.3, 0.4) is 0 Å². The minimum Gasteiger partial charge on any atom is -0.493 e. The van der Waals surface area contributed by atoms with Gasteiger partial charge in [-0.3, -0.25) is 19.8 Å². The van der Waals surface area contributed by atoms with Crippen LogP contribution in [-0.2, 0) is 17.9 Å². The zero-order valence-corrected chi connectivity index (χ0v) is 19.6. The molecule has 1 N–H and O–H groups in total. The fourth-order valence-corrected chi connectivity index (χ4v) is 3.76. The Balaban J connectivity index is 1.50. The van der Waals surface area contributed by atoms with Gasteiger partial charge in [0.05, 0.1) is 23.6 Å². The Kier molecular flexibility index (Phi) is 7.16. The van der Waals surface area contributed by atoms with E-state index in [-0.39, 0.29) is 41.1 Å². The molecule has 0 aromatic heterocycles. The largest absolute Gasteiger partial charge is 0.493 e. The maximum atomic E-state index is 13.1. The number of hydrogen-bond acceptors (Lipinski definition) is 6. The molecule has 4 rings (SSSR count). The number of carbonyl (C=O) groups is 2. The van der Waals surface area contributed by atoms with Crippen molar-refractivity contribution >= 4 is 35.3 Å². The van der Waals surface area contributed by atoms with Gasteiger partial charge in [-0.15, -0.1) is 0 Å². The minimum atomic E-state index is -0.600. The number of rotatable bonds is 8. The van der Waals surface area contributed by atoms with E-state index in [1.807, 2.05) is 0 Å². The van der Waals surface area contributed by atoms with E-state index in [1.54, 1.807) is 24.3 Å². The third-order valence-electron chi connectivity index (χ3n) is 5.31. The first-order chi connectivity index (χ1) is 17.2. The minimum absolute atomic E-state index is 0.0121. The number of methoxy groups -OCH3 is 1. The monoisotopic (exact) mass is 511 g/mol. The molecule has 184 valence electrons. The number of urea groups is 1. The van der Waals surface area contributed by atoms with E-state index in [2.05, 4.69) is 5.32 Å². The van der Waals surface area contributed by atoms with Gasteiger partial charge in [-0.2, -0.15) is 0 Å². The van der Waals surface area contributed by atoms with Crippen LogP contribution in [0.4, 0.5) is 14.9 Å². The van der Waals surface area contributed by atoms with Crippen LogP contribution in [0.15, 0.2) is 66.4 Å². The molecular formula is C25H19ClFN3O6. The van der Waals surface area contributed by atoms with Crippen molar-refractivity contribution < 1.29 is 28.4 Å². The van der Waals surface area contributed by atoms with Gasteiger partial charge < -0.3 is 14.8 Å². The van der Waals surface area contributed by atoms with Gasteiger partial charge in [-0.1, -0.05) is 23.7 Å². The Hall–Kier alpha value is -4.44. The molecule has 0 bridgehead atoms. The molecule has 36 heavy (non-hydrogen) atoms. The quantitative estimate of drug-likeness (QED) is 0.196. The third kappa shape index (κ3) is 5.44. The van der Waals surface area contributed by atoms with Crippen LogP contribution in [0.5, 0.6) is 11.5 Å². The lowest BCUT2D eigenvalue weighted by Gasteiger charge is -2.14. The molecule has 1 heterocycles. The number of amides is 3. The average molecular weight is 512 g/mol. The van der Waals surface area contributed by atoms with Crippen LogP contribution in [-0.4, -0.2) is 28.9 Å². The molecule has 1 fully saturated rings. The lowest BCUT2D eigenvalue weighted by atomic mass is 10.1. The molecule has 0 radical (unpaired) electrons. The van der Waals surface area contributed by atoms with E-state index in [4.69, 9.17) is 21.1 Å². The number of non-ortho nitro benzene ring substituents is 1. The Labute approximate surface area is 209 Å². The molecule has 3 aromatic rings. The van der Waals surface area contributed by atoms with Gasteiger partial charge in [-0.05, 0) is 59.2 Å². The highest BCUT2D eigenvalue weighted by atomic mass is 35.5. The molecular weight excluding hydrogens is 493 g/mol. The number of nitro benzene ring substituents is 1. The van der Waals surface area contributed by atoms with Crippen LogP contribution in [0.25, 0.3) is 6.08 Å². The number of nitrogens with zero attached hydrogens (tertiary/aromatic N) is 2. The predicted octanol–water partition coefficient (Wildman–Crippen LogP) is 5.07. The Bertz CT molecular complexity index is 1360. The zero-order valence-electron chi connectivity index (χ0n) is 18.9. The predicted molar refractivity (Wildman–Crippen MR) is 129 cm³/mol. The number of nitro groups is 1. The lowest BCUT2D eigenvalue weighted by molar-refractivity contribution is -0.384. The Morgan fingerprint density at radius 2 is 1.75 bits per heavy atom. The van der Waals surface area contributed by atoms with E-state index in [0.717, 1.165) is 4.90 Å². The summed E-state index contributed by atoms with van der Waals surface area (Å²) in [5.74, 6) is -0.420. The first kappa shape index (κ1) is 24.7. The van der Waals surface area contributed by atoms with Crippen molar-refractivity contribution in [2.24, 2.45) is 0 Å². The van der Waals surface area contributed by atoms with Crippen molar-refractivity contribution in [3.05, 3.63) is 104 Å². The number of nitrogens with one attached hydrogen (secondary N) is 1. The third-order valence-corrected chi connectivity index (χ3v) is 5.59. The molecule has 0 unspecified atom stereocenters. The summed E-state index contributed by atoms with van der Waals surface area (Å²) in [6.07, 6.45) is 1.46. The van der Waals surface area contributed by atoms with E-state index < -0.39 is 22.7 Å². The Morgan fingerprint density at radius 3 is 2.39 bits per heavy atom. The number of hydrogen-bond donors (Lipinski definition) is 1. The summed E-state index contributed by atoms with van der Waals surface area (Å²) < 4.78 is 24.3. The number of ether oxygens (including phenoxy) is 2. The zero-order chi connectivity index (χ0) is 25.8. The van der Waals surface area contributed by atoms with Gasteiger partial charge >= 0.3 is 6.03 Å². The topological polar surface area (TPSA) is 111 Å². The van der Waals surface area contributed by atoms with Gasteiger partial charge in [0, 0.05) is 12.1 Å². The molecule has 11 heteroatoms. The second-order valence-electron chi connectivity index (χ2n) is 7.75. The molecule has 0 atom stereocenters. The summed E-state index contributed by atoms with van der Waals surface area (Å²) in [6, 6.07) is 13.9. The summed E-state index contributed by atoms with van der Waals surface area (Å²) in [6.45, 7) is 0.0726. The van der Waals surface area contributed by atoms with Crippen molar-refractivity contribution in [2.75, 3.05) is 7.11 Å². The standard InChI is InChI=1S/C25H19ClFN3O6/c1-35-22-12-17(10-20(26)23(22)36-14-16-4-8-19(9-5-16)30(33)34)11-21-24(31)29(25(32)28-21)13-15-2-6-18(27)7-3-15/h2-12H,13-14H2,1H3,(H,28,32)/b21-11+. The first-order valence-corrected chi connectivity index (χ1v) is 11.0. The van der Waals surface area contributed by atoms with Gasteiger partial charge in [0.2, 0.25) is 0 Å². The summed E-state index contributed by atoms with van der Waals surface area (Å²) in [5.41, 5.74) is 1.77. The van der Waals surface area contributed by atoms with E-state index >= 15 is 0 Å². The van der Waals surface area contributed by atoms with Gasteiger partial charge in [0.1, 0.15) is 18.1 Å². The van der Waals surface area contributed by atoms with Crippen molar-refractivity contribution in [1.82, 2.24) is 10.2 Å². The summed E-state index contributed by atoms with van der Waals surface area (Å²) >= 11 is 6.41. The second kappa shape index (κ2) is 10.4. The number of imide groups is 1. The molecule has 1 aliphatic heterocycles. The average Bonchev–Trinajstić information content (AvgIpc) is 3.11. The van der Waals surface area contributed by atoms with Crippen LogP contribution in [0.2, 0.25) is 5.02 Å². The summed E-state index contributed by atoms with van der Waals surface area (Å²) in [5, 5.41) is 13.5. The van der Waals surface area contributed by atoms with Crippen molar-refractivity contribution in [3.8, 4) is 11.5 Å². The maximum Gasteiger partial charge on any atom is 0.329 e. The normalized spacial score (nSPS) is 14.2. The highest BCUT2D eigenvalue weighted by molar-refractivity contribution is 6.32. The lowest BCUT2D eigenvalue weighted by Crippen LogP contribution is -2.30. The molecule has 1 aliphatic rings. The van der Waals surface area contributed by atoms with Gasteiger partial charge in [0.25, 0.3) is 11.6 Å². The highest BCUT2D eigenvalue weighted by Gasteiger charge is 2.33. The summed E-state index contributed by atoms with van der Waals surface area (Å²) in [4.78, 5) is 36.5. The molecule has 3 amide bonds. The molecule has 0 saturated carbocycles. The number of halogens is 2. The molecule has 0 spiro atoms. The second-order valence-corrected chi connectivity index (χ2v) is 8.16. The molecule has 3 aromatic carbocycles. The van der Waals surface area contributed by atoms with Crippen LogP contribution in [0.1, 0.15) is 16.7 Å². The fourth-order valence-electron chi connectivity index (χ4n) is 3.49. The molecule has 0 aliphatic carbocycles. The van der Waals surface area contributed by atoms with Crippen LogP contribution < -0.4 is 14.8 Å². The Morgan fingerprint density at radius 1 is 1.08 bits per heavy atom. The van der Waals surface area contributed by atoms with Gasteiger partial charge in [0.15, 0.2) is 11.5 Å². The van der Waals surface area contributed by atoms with Crippen molar-refractivity contribution in [1.29, 1.82) is 0 Å². The molecule has 9 nitrogen and oxygen atoms in total. The number of carbonyl (C=O) groups excluding carboxylic acids is 2. The highest BCUT2D eigenvalue weighted by Crippen LogP contribution is 2.37. The van der Waals surface area contributed by atoms with Gasteiger partial charge in [-0.25, -0.2) is 9.18 Å². The molecule has 1 saturated heterocycles. The number of benzene rings is 3. The maximum absolute atomic E-state index is 13.1. The van der Waals surface area contributed by atoms with Crippen molar-refractivity contribution in [2.45, 2.75) is 13.2 Å². The van der Waals surface area contributed by atoms with Crippen molar-refractivity contribution in [3.63, 3.8) is 0 Å². The van der Waals surface area contributed by atoms with Crippen LogP contribution >= 0.6 is 11.6 Å². The first-order valence-electron chi connectivity index (χ1n) is 10.6. The smallest absolute Gasteiger partial charge is 0.329 e. The van der Waals surface area contributed by atoms with E-state index in [0.29, 0.717) is 16.7 Å². The van der Waals surface area contributed by atoms with Crippen LogP contribution in [0, 0.1) is 15.9 Å². The SMILES string of the molecule is COc1cc(/C=C2/NC(=O)N(Cc3ccc(F)cc3)C2=O)cc(Cl)c1OCc1ccc([N+](=O)[O-])cc1.